The molecule has 11 nitrogen and oxygen atoms in total. The molecule has 60 heavy (non-hydrogen) atoms. The van der Waals surface area contributed by atoms with Crippen LogP contribution in [0.4, 0.5) is 0 Å². The Balaban J connectivity index is 1.17. The second kappa shape index (κ2) is 19.0. The molecule has 0 aromatic heterocycles. The summed E-state index contributed by atoms with van der Waals surface area (Å²) in [6.45, 7) is 3.46. The zero-order valence-electron chi connectivity index (χ0n) is 37.1. The molecule has 1 spiro atoms. The minimum absolute atomic E-state index is 0.117. The molecule has 1 unspecified atom stereocenters. The number of benzene rings is 1. The van der Waals surface area contributed by atoms with Crippen molar-refractivity contribution in [2.75, 3.05) is 48.6 Å². The zero-order chi connectivity index (χ0) is 42.7. The summed E-state index contributed by atoms with van der Waals surface area (Å²) in [7, 11) is 8.79. The third-order valence-electron chi connectivity index (χ3n) is 16.1. The summed E-state index contributed by atoms with van der Waals surface area (Å²) in [6.07, 6.45) is 18.3. The van der Waals surface area contributed by atoms with Gasteiger partial charge >= 0.3 is 11.9 Å². The Kier molecular flexibility index (Phi) is 14.4. The van der Waals surface area contributed by atoms with Crippen LogP contribution >= 0.6 is 0 Å². The predicted octanol–water partition coefficient (Wildman–Crippen LogP) is 7.08. The Morgan fingerprint density at radius 2 is 1.57 bits per heavy atom. The number of aliphatic hydroxyl groups excluding tert-OH is 1. The molecule has 14 atom stereocenters. The van der Waals surface area contributed by atoms with Gasteiger partial charge in [-0.05, 0) is 82.9 Å². The minimum Gasteiger partial charge on any atom is -0.455 e. The van der Waals surface area contributed by atoms with E-state index in [0.717, 1.165) is 64.3 Å². The van der Waals surface area contributed by atoms with E-state index in [1.165, 1.54) is 26.4 Å². The number of methoxy groups -OCH3 is 4. The normalized spacial score (nSPS) is 40.1. The molecule has 334 valence electrons. The lowest BCUT2D eigenvalue weighted by molar-refractivity contribution is -0.317. The van der Waals surface area contributed by atoms with Gasteiger partial charge in [-0.1, -0.05) is 81.5 Å². The molecule has 5 saturated carbocycles. The number of unbranched alkanes of at least 4 members (excludes halogenated alkanes) is 8. The summed E-state index contributed by atoms with van der Waals surface area (Å²) in [5.74, 6) is -2.84. The quantitative estimate of drug-likeness (QED) is 0.0706. The number of rotatable bonds is 22. The maximum Gasteiger partial charge on any atom is 0.338 e. The first kappa shape index (κ1) is 45.4. The van der Waals surface area contributed by atoms with E-state index in [2.05, 4.69) is 43.2 Å². The van der Waals surface area contributed by atoms with E-state index < -0.39 is 70.7 Å². The Labute approximate surface area is 358 Å². The zero-order valence-corrected chi connectivity index (χ0v) is 37.1. The van der Waals surface area contributed by atoms with E-state index in [1.807, 2.05) is 6.07 Å². The van der Waals surface area contributed by atoms with Gasteiger partial charge in [-0.2, -0.15) is 0 Å². The molecule has 6 fully saturated rings. The van der Waals surface area contributed by atoms with Crippen LogP contribution in [0.25, 0.3) is 0 Å². The van der Waals surface area contributed by atoms with Gasteiger partial charge in [0.1, 0.15) is 23.9 Å². The fourth-order valence-corrected chi connectivity index (χ4v) is 14.3. The van der Waals surface area contributed by atoms with Crippen molar-refractivity contribution in [2.45, 2.75) is 151 Å². The second-order valence-electron chi connectivity index (χ2n) is 19.1. The van der Waals surface area contributed by atoms with Crippen LogP contribution < -0.4 is 0 Å². The maximum absolute atomic E-state index is 14.5. The number of carbonyl (C=O) groups is 2. The van der Waals surface area contributed by atoms with Gasteiger partial charge < -0.3 is 43.5 Å². The van der Waals surface area contributed by atoms with E-state index in [0.29, 0.717) is 18.6 Å². The van der Waals surface area contributed by atoms with Crippen molar-refractivity contribution in [3.63, 3.8) is 0 Å². The molecule has 0 radical (unpaired) electrons. The fraction of sp³-hybridized carbons (Fsp3) is 0.755. The van der Waals surface area contributed by atoms with Crippen LogP contribution in [0, 0.1) is 34.5 Å². The highest BCUT2D eigenvalue weighted by atomic mass is 16.6. The van der Waals surface area contributed by atoms with Crippen LogP contribution in [0.1, 0.15) is 114 Å². The topological polar surface area (TPSA) is 133 Å². The van der Waals surface area contributed by atoms with Crippen LogP contribution in [-0.4, -0.2) is 123 Å². The van der Waals surface area contributed by atoms with Crippen molar-refractivity contribution in [3.8, 4) is 0 Å². The number of fused-ring (bicyclic) bond motifs is 2. The number of aliphatic hydroxyl groups is 2. The van der Waals surface area contributed by atoms with Crippen LogP contribution in [-0.2, 0) is 33.2 Å². The monoisotopic (exact) mass is 836 g/mol. The van der Waals surface area contributed by atoms with Crippen LogP contribution in [0.5, 0.6) is 0 Å². The molecule has 11 heteroatoms. The van der Waals surface area contributed by atoms with Crippen molar-refractivity contribution in [2.24, 2.45) is 34.5 Å². The van der Waals surface area contributed by atoms with Crippen molar-refractivity contribution < 1.29 is 48.2 Å². The Hall–Kier alpha value is -2.64. The van der Waals surface area contributed by atoms with Gasteiger partial charge in [0, 0.05) is 76.0 Å². The van der Waals surface area contributed by atoms with E-state index in [-0.39, 0.29) is 36.3 Å². The lowest BCUT2D eigenvalue weighted by atomic mass is 9.43. The standard InChI is InChI=1S/C49H73NO10/c1-7-8-9-10-11-12-13-14-15-16-17-18-19-20-24-27-36(51)60-49-37-34(30-47(54,44(58-6)42(49)52)43(37)59-45(53)33-25-22-21-23-26-33)48-35(56-4)28-29-46(32-55-3)31-50(2)41(48)38(49)39(57-5)40(46)48/h11-12,14-15,21-23,25-26,34-35,37-44,52,54H,7-10,13,16-20,24,27-32H2,1-6H3/b12-11-,15-14-/t34-,35+,37-,38+,39+,40-,41-,42?,43-,44+,46+,47+,48+,49-/m1/s1. The molecule has 5 aliphatic carbocycles. The van der Waals surface area contributed by atoms with Gasteiger partial charge in [0.25, 0.3) is 0 Å². The minimum atomic E-state index is -1.78. The predicted molar refractivity (Wildman–Crippen MR) is 228 cm³/mol. The summed E-state index contributed by atoms with van der Waals surface area (Å²) in [4.78, 5) is 30.9. The van der Waals surface area contributed by atoms with Gasteiger partial charge in [0.15, 0.2) is 5.60 Å². The second-order valence-corrected chi connectivity index (χ2v) is 19.1. The number of likely N-dealkylation sites (tertiary alicyclic amines) is 1. The molecule has 2 N–H and O–H groups in total. The first-order valence-electron chi connectivity index (χ1n) is 23.0. The molecule has 7 bridgehead atoms. The summed E-state index contributed by atoms with van der Waals surface area (Å²) in [5, 5.41) is 26.0. The summed E-state index contributed by atoms with van der Waals surface area (Å²) >= 11 is 0. The number of hydrogen-bond donors (Lipinski definition) is 2. The number of carbonyl (C=O) groups excluding carboxylic acids is 2. The molecular weight excluding hydrogens is 763 g/mol. The van der Waals surface area contributed by atoms with Gasteiger partial charge in [0.05, 0.1) is 24.4 Å². The summed E-state index contributed by atoms with van der Waals surface area (Å²) < 4.78 is 38.8. The average Bonchev–Trinajstić information content (AvgIpc) is 3.64. The molecule has 6 aliphatic rings. The average molecular weight is 836 g/mol. The van der Waals surface area contributed by atoms with Crippen molar-refractivity contribution in [1.82, 2.24) is 4.90 Å². The van der Waals surface area contributed by atoms with E-state index in [9.17, 15) is 19.8 Å². The highest BCUT2D eigenvalue weighted by Crippen LogP contribution is 2.80. The third-order valence-corrected chi connectivity index (χ3v) is 16.1. The Morgan fingerprint density at radius 1 is 0.867 bits per heavy atom. The lowest BCUT2D eigenvalue weighted by Gasteiger charge is -2.69. The number of esters is 2. The molecule has 1 heterocycles. The van der Waals surface area contributed by atoms with Gasteiger partial charge in [-0.15, -0.1) is 0 Å². The molecule has 1 aromatic carbocycles. The molecule has 1 aromatic rings. The van der Waals surface area contributed by atoms with Gasteiger partial charge in [-0.25, -0.2) is 4.79 Å². The Morgan fingerprint density at radius 3 is 2.23 bits per heavy atom. The number of nitrogens with zero attached hydrogens (tertiary/aromatic N) is 1. The number of ether oxygens (including phenoxy) is 6. The molecule has 0 amide bonds. The van der Waals surface area contributed by atoms with Crippen LogP contribution in [0.3, 0.4) is 0 Å². The van der Waals surface area contributed by atoms with Crippen molar-refractivity contribution in [1.29, 1.82) is 0 Å². The fourth-order valence-electron chi connectivity index (χ4n) is 14.3. The molecule has 7 rings (SSSR count). The van der Waals surface area contributed by atoms with E-state index in [4.69, 9.17) is 28.4 Å². The van der Waals surface area contributed by atoms with Crippen LogP contribution in [0.2, 0.25) is 0 Å². The Bertz CT molecular complexity index is 1670. The maximum atomic E-state index is 14.5. The summed E-state index contributed by atoms with van der Waals surface area (Å²) in [6, 6.07) is 8.50. The number of hydrogen-bond acceptors (Lipinski definition) is 11. The largest absolute Gasteiger partial charge is 0.455 e. The molecule has 1 aliphatic heterocycles. The number of allylic oxidation sites excluding steroid dienone is 4. The highest BCUT2D eigenvalue weighted by molar-refractivity contribution is 5.89. The molecule has 1 saturated heterocycles. The van der Waals surface area contributed by atoms with Crippen molar-refractivity contribution >= 4 is 11.9 Å². The SMILES string of the molecule is CCCCC/C=C\C/C=C\CCCCCCCC(=O)O[C@]12C(O)[C@H](OC)[C@]3(O)C[C@H]([C@@H]1[C@H]3OC(=O)c1ccccc1)[C@@]13[C@@H](OC)CC[C@@]4(COC)CN(C)[C@@H]1[C@@H]2[C@H](OC)[C@H]43. The molecular formula is C49H73NO10. The first-order chi connectivity index (χ1) is 29.1. The van der Waals surface area contributed by atoms with Gasteiger partial charge in [-0.3, -0.25) is 4.79 Å². The van der Waals surface area contributed by atoms with E-state index >= 15 is 0 Å². The van der Waals surface area contributed by atoms with Crippen LogP contribution in [0.15, 0.2) is 54.6 Å². The lowest BCUT2D eigenvalue weighted by Crippen LogP contribution is -2.80. The van der Waals surface area contributed by atoms with Crippen molar-refractivity contribution in [3.05, 3.63) is 60.2 Å². The summed E-state index contributed by atoms with van der Waals surface area (Å²) in [5.41, 5.74) is -4.00. The third kappa shape index (κ3) is 7.33. The number of piperidine rings is 1. The first-order valence-corrected chi connectivity index (χ1v) is 23.0. The van der Waals surface area contributed by atoms with E-state index in [1.54, 1.807) is 45.6 Å². The smallest absolute Gasteiger partial charge is 0.338 e. The van der Waals surface area contributed by atoms with Gasteiger partial charge in [0.2, 0.25) is 0 Å². The highest BCUT2D eigenvalue weighted by Gasteiger charge is 2.91.